The minimum Gasteiger partial charge on any atom is -0.334 e. The normalized spacial score (nSPS) is 20.8. The van der Waals surface area contributed by atoms with Crippen LogP contribution in [0.3, 0.4) is 0 Å². The standard InChI is InChI=1S/C12H19N3O/c1-8(2)12(16)15-6-4-5-10(15)11-9(3)7-13-14-11/h7-8,10H,4-6H2,1-3H3,(H,13,14). The van der Waals surface area contributed by atoms with Gasteiger partial charge in [0.2, 0.25) is 5.91 Å². The predicted octanol–water partition coefficient (Wildman–Crippen LogP) is 2.04. The number of carbonyl (C=O) groups excluding carboxylic acids is 1. The molecule has 0 radical (unpaired) electrons. The van der Waals surface area contributed by atoms with Gasteiger partial charge in [0.25, 0.3) is 0 Å². The monoisotopic (exact) mass is 221 g/mol. The molecule has 1 atom stereocenters. The van der Waals surface area contributed by atoms with Crippen molar-refractivity contribution in [3.8, 4) is 0 Å². The predicted molar refractivity (Wildman–Crippen MR) is 61.9 cm³/mol. The Balaban J connectivity index is 2.22. The molecule has 88 valence electrons. The Morgan fingerprint density at radius 3 is 2.94 bits per heavy atom. The van der Waals surface area contributed by atoms with Crippen LogP contribution in [0.15, 0.2) is 6.20 Å². The topological polar surface area (TPSA) is 49.0 Å². The second-order valence-electron chi connectivity index (χ2n) is 4.81. The van der Waals surface area contributed by atoms with Crippen LogP contribution >= 0.6 is 0 Å². The fraction of sp³-hybridized carbons (Fsp3) is 0.667. The Hall–Kier alpha value is -1.32. The molecule has 1 saturated heterocycles. The van der Waals surface area contributed by atoms with Crippen molar-refractivity contribution >= 4 is 5.91 Å². The first-order chi connectivity index (χ1) is 7.61. The summed E-state index contributed by atoms with van der Waals surface area (Å²) in [6.07, 6.45) is 3.95. The summed E-state index contributed by atoms with van der Waals surface area (Å²) in [6.45, 7) is 6.82. The molecule has 0 spiro atoms. The van der Waals surface area contributed by atoms with Gasteiger partial charge in [0.1, 0.15) is 0 Å². The van der Waals surface area contributed by atoms with Crippen LogP contribution in [0.4, 0.5) is 0 Å². The zero-order valence-corrected chi connectivity index (χ0v) is 10.2. The lowest BCUT2D eigenvalue weighted by atomic mass is 10.1. The number of aromatic nitrogens is 2. The Labute approximate surface area is 96.0 Å². The summed E-state index contributed by atoms with van der Waals surface area (Å²) in [5.41, 5.74) is 2.25. The van der Waals surface area contributed by atoms with Gasteiger partial charge in [0.05, 0.1) is 17.9 Å². The van der Waals surface area contributed by atoms with Gasteiger partial charge in [-0.2, -0.15) is 5.10 Å². The lowest BCUT2D eigenvalue weighted by Gasteiger charge is -2.26. The first-order valence-corrected chi connectivity index (χ1v) is 5.91. The Morgan fingerprint density at radius 1 is 1.62 bits per heavy atom. The molecule has 1 aliphatic rings. The molecule has 16 heavy (non-hydrogen) atoms. The van der Waals surface area contributed by atoms with Gasteiger partial charge in [-0.1, -0.05) is 13.8 Å². The summed E-state index contributed by atoms with van der Waals surface area (Å²) < 4.78 is 0. The number of aromatic amines is 1. The molecule has 4 heteroatoms. The lowest BCUT2D eigenvalue weighted by molar-refractivity contribution is -0.135. The number of hydrogen-bond donors (Lipinski definition) is 1. The van der Waals surface area contributed by atoms with Crippen LogP contribution < -0.4 is 0 Å². The third kappa shape index (κ3) is 1.84. The maximum Gasteiger partial charge on any atom is 0.225 e. The largest absolute Gasteiger partial charge is 0.334 e. The molecular formula is C12H19N3O. The van der Waals surface area contributed by atoms with Gasteiger partial charge in [0.15, 0.2) is 0 Å². The van der Waals surface area contributed by atoms with Crippen molar-refractivity contribution in [2.45, 2.75) is 39.7 Å². The van der Waals surface area contributed by atoms with E-state index in [4.69, 9.17) is 0 Å². The number of carbonyl (C=O) groups is 1. The molecule has 0 aliphatic carbocycles. The first-order valence-electron chi connectivity index (χ1n) is 5.91. The van der Waals surface area contributed by atoms with Crippen molar-refractivity contribution in [3.05, 3.63) is 17.5 Å². The van der Waals surface area contributed by atoms with E-state index in [2.05, 4.69) is 10.2 Å². The molecule has 2 rings (SSSR count). The number of nitrogens with one attached hydrogen (secondary N) is 1. The number of likely N-dealkylation sites (tertiary alicyclic amines) is 1. The average molecular weight is 221 g/mol. The quantitative estimate of drug-likeness (QED) is 0.830. The van der Waals surface area contributed by atoms with Gasteiger partial charge in [-0.3, -0.25) is 9.89 Å². The smallest absolute Gasteiger partial charge is 0.225 e. The van der Waals surface area contributed by atoms with Crippen molar-refractivity contribution in [2.75, 3.05) is 6.54 Å². The molecule has 1 unspecified atom stereocenters. The molecular weight excluding hydrogens is 202 g/mol. The van der Waals surface area contributed by atoms with E-state index < -0.39 is 0 Å². The van der Waals surface area contributed by atoms with Crippen LogP contribution in [-0.2, 0) is 4.79 Å². The molecule has 2 heterocycles. The van der Waals surface area contributed by atoms with E-state index in [1.54, 1.807) is 0 Å². The molecule has 1 N–H and O–H groups in total. The lowest BCUT2D eigenvalue weighted by Crippen LogP contribution is -2.34. The van der Waals surface area contributed by atoms with E-state index in [0.717, 1.165) is 30.6 Å². The van der Waals surface area contributed by atoms with E-state index in [-0.39, 0.29) is 17.9 Å². The molecule has 4 nitrogen and oxygen atoms in total. The van der Waals surface area contributed by atoms with Crippen LogP contribution in [-0.4, -0.2) is 27.5 Å². The fourth-order valence-corrected chi connectivity index (χ4v) is 2.36. The van der Waals surface area contributed by atoms with Crippen molar-refractivity contribution in [1.29, 1.82) is 0 Å². The second kappa shape index (κ2) is 4.28. The van der Waals surface area contributed by atoms with Crippen LogP contribution in [0.5, 0.6) is 0 Å². The van der Waals surface area contributed by atoms with E-state index >= 15 is 0 Å². The van der Waals surface area contributed by atoms with Gasteiger partial charge >= 0.3 is 0 Å². The highest BCUT2D eigenvalue weighted by atomic mass is 16.2. The molecule has 1 aromatic rings. The maximum absolute atomic E-state index is 12.1. The summed E-state index contributed by atoms with van der Waals surface area (Å²) in [6, 6.07) is 0.206. The number of hydrogen-bond acceptors (Lipinski definition) is 2. The van der Waals surface area contributed by atoms with Gasteiger partial charge in [-0.15, -0.1) is 0 Å². The molecule has 0 bridgehead atoms. The molecule has 1 amide bonds. The van der Waals surface area contributed by atoms with Crippen LogP contribution in [0.2, 0.25) is 0 Å². The first kappa shape index (κ1) is 11.2. The number of rotatable bonds is 2. The van der Waals surface area contributed by atoms with E-state index in [1.807, 2.05) is 31.9 Å². The minimum absolute atomic E-state index is 0.0730. The van der Waals surface area contributed by atoms with Gasteiger partial charge in [0, 0.05) is 12.5 Å². The summed E-state index contributed by atoms with van der Waals surface area (Å²) in [5, 5.41) is 7.07. The SMILES string of the molecule is Cc1cn[nH]c1C1CCCN1C(=O)C(C)C. The van der Waals surface area contributed by atoms with Crippen molar-refractivity contribution in [1.82, 2.24) is 15.1 Å². The number of aryl methyl sites for hydroxylation is 1. The van der Waals surface area contributed by atoms with Gasteiger partial charge < -0.3 is 4.90 Å². The Morgan fingerprint density at radius 2 is 2.38 bits per heavy atom. The zero-order chi connectivity index (χ0) is 11.7. The third-order valence-corrected chi connectivity index (χ3v) is 3.23. The van der Waals surface area contributed by atoms with Gasteiger partial charge in [-0.25, -0.2) is 0 Å². The van der Waals surface area contributed by atoms with Crippen LogP contribution in [0.25, 0.3) is 0 Å². The summed E-state index contributed by atoms with van der Waals surface area (Å²) in [5.74, 6) is 0.320. The zero-order valence-electron chi connectivity index (χ0n) is 10.2. The van der Waals surface area contributed by atoms with E-state index in [9.17, 15) is 4.79 Å². The summed E-state index contributed by atoms with van der Waals surface area (Å²) >= 11 is 0. The highest BCUT2D eigenvalue weighted by Gasteiger charge is 2.32. The highest BCUT2D eigenvalue weighted by Crippen LogP contribution is 2.33. The van der Waals surface area contributed by atoms with Crippen molar-refractivity contribution in [3.63, 3.8) is 0 Å². The van der Waals surface area contributed by atoms with Gasteiger partial charge in [-0.05, 0) is 25.3 Å². The molecule has 1 fully saturated rings. The average Bonchev–Trinajstić information content (AvgIpc) is 2.84. The summed E-state index contributed by atoms with van der Waals surface area (Å²) in [4.78, 5) is 14.0. The fourth-order valence-electron chi connectivity index (χ4n) is 2.36. The Kier molecular flexibility index (Phi) is 2.99. The molecule has 1 aliphatic heterocycles. The number of nitrogens with zero attached hydrogens (tertiary/aromatic N) is 2. The molecule has 0 saturated carbocycles. The second-order valence-corrected chi connectivity index (χ2v) is 4.81. The van der Waals surface area contributed by atoms with E-state index in [0.29, 0.717) is 0 Å². The van der Waals surface area contributed by atoms with Crippen LogP contribution in [0, 0.1) is 12.8 Å². The Bertz CT molecular complexity index is 383. The van der Waals surface area contributed by atoms with E-state index in [1.165, 1.54) is 0 Å². The van der Waals surface area contributed by atoms with Crippen LogP contribution in [0.1, 0.15) is 44.0 Å². The molecule has 0 aromatic carbocycles. The highest BCUT2D eigenvalue weighted by molar-refractivity contribution is 5.78. The molecule has 1 aromatic heterocycles. The number of amides is 1. The minimum atomic E-state index is 0.0730. The summed E-state index contributed by atoms with van der Waals surface area (Å²) in [7, 11) is 0. The van der Waals surface area contributed by atoms with Crippen molar-refractivity contribution in [2.24, 2.45) is 5.92 Å². The number of H-pyrrole nitrogens is 1. The van der Waals surface area contributed by atoms with Crippen molar-refractivity contribution < 1.29 is 4.79 Å². The maximum atomic E-state index is 12.1. The third-order valence-electron chi connectivity index (χ3n) is 3.23.